The molecule has 1 aromatic carbocycles. The van der Waals surface area contributed by atoms with Crippen molar-refractivity contribution in [2.75, 3.05) is 0 Å². The smallest absolute Gasteiger partial charge is 0.115 e. The molecule has 3 nitrogen and oxygen atoms in total. The molecular weight excluding hydrogens is 224 g/mol. The molecule has 2 aromatic rings. The zero-order valence-corrected chi connectivity index (χ0v) is 10.8. The van der Waals surface area contributed by atoms with Crippen LogP contribution in [0.3, 0.4) is 0 Å². The highest BCUT2D eigenvalue weighted by Gasteiger charge is 2.03. The van der Waals surface area contributed by atoms with Crippen LogP contribution in [-0.2, 0) is 12.8 Å². The third kappa shape index (κ3) is 3.55. The van der Waals surface area contributed by atoms with Gasteiger partial charge in [-0.15, -0.1) is 0 Å². The number of hydrogen-bond donors (Lipinski definition) is 1. The number of aromatic hydroxyl groups is 1. The Hall–Kier alpha value is -1.90. The Bertz CT molecular complexity index is 506. The molecule has 0 aliphatic heterocycles. The van der Waals surface area contributed by atoms with Gasteiger partial charge in [0.25, 0.3) is 0 Å². The van der Waals surface area contributed by atoms with Crippen LogP contribution in [0.15, 0.2) is 36.7 Å². The monoisotopic (exact) mass is 242 g/mol. The summed E-state index contributed by atoms with van der Waals surface area (Å²) in [5.74, 6) is 0.876. The summed E-state index contributed by atoms with van der Waals surface area (Å²) in [6.07, 6.45) is 5.34. The Morgan fingerprint density at radius 2 is 1.72 bits per heavy atom. The second kappa shape index (κ2) is 5.63. The fourth-order valence-electron chi connectivity index (χ4n) is 1.88. The van der Waals surface area contributed by atoms with E-state index in [0.29, 0.717) is 11.7 Å². The van der Waals surface area contributed by atoms with E-state index in [9.17, 15) is 5.11 Å². The van der Waals surface area contributed by atoms with Crippen molar-refractivity contribution in [2.24, 2.45) is 5.92 Å². The average molecular weight is 242 g/mol. The molecule has 2 rings (SSSR count). The van der Waals surface area contributed by atoms with E-state index in [0.717, 1.165) is 29.8 Å². The summed E-state index contributed by atoms with van der Waals surface area (Å²) in [5.41, 5.74) is 3.14. The van der Waals surface area contributed by atoms with E-state index in [1.54, 1.807) is 18.3 Å². The van der Waals surface area contributed by atoms with Gasteiger partial charge in [0.05, 0.1) is 11.4 Å². The fourth-order valence-corrected chi connectivity index (χ4v) is 1.88. The standard InChI is InChI=1S/C15H18N2O/c1-11(2)7-13-9-16-10-14(17-13)8-12-3-5-15(18)6-4-12/h3-6,9-11,18H,7-8H2,1-2H3. The zero-order chi connectivity index (χ0) is 13.0. The second-order valence-corrected chi connectivity index (χ2v) is 4.94. The minimum absolute atomic E-state index is 0.290. The van der Waals surface area contributed by atoms with Gasteiger partial charge in [0.2, 0.25) is 0 Å². The minimum Gasteiger partial charge on any atom is -0.508 e. The van der Waals surface area contributed by atoms with Crippen LogP contribution in [0.25, 0.3) is 0 Å². The van der Waals surface area contributed by atoms with Crippen LogP contribution in [0.2, 0.25) is 0 Å². The van der Waals surface area contributed by atoms with Gasteiger partial charge in [-0.25, -0.2) is 0 Å². The normalized spacial score (nSPS) is 10.8. The van der Waals surface area contributed by atoms with Crippen molar-refractivity contribution in [3.63, 3.8) is 0 Å². The molecular formula is C15H18N2O. The molecule has 3 heteroatoms. The van der Waals surface area contributed by atoms with E-state index in [-0.39, 0.29) is 0 Å². The third-order valence-corrected chi connectivity index (χ3v) is 2.67. The lowest BCUT2D eigenvalue weighted by Crippen LogP contribution is -2.02. The van der Waals surface area contributed by atoms with Gasteiger partial charge in [-0.1, -0.05) is 26.0 Å². The highest BCUT2D eigenvalue weighted by molar-refractivity contribution is 5.28. The Labute approximate surface area is 108 Å². The van der Waals surface area contributed by atoms with Crippen LogP contribution < -0.4 is 0 Å². The van der Waals surface area contributed by atoms with Gasteiger partial charge in [-0.05, 0) is 30.0 Å². The predicted molar refractivity (Wildman–Crippen MR) is 71.5 cm³/mol. The SMILES string of the molecule is CC(C)Cc1cncc(Cc2ccc(O)cc2)n1. The van der Waals surface area contributed by atoms with Gasteiger partial charge >= 0.3 is 0 Å². The predicted octanol–water partition coefficient (Wildman–Crippen LogP) is 2.97. The maximum atomic E-state index is 9.24. The summed E-state index contributed by atoms with van der Waals surface area (Å²) in [6.45, 7) is 4.35. The van der Waals surface area contributed by atoms with Crippen molar-refractivity contribution in [2.45, 2.75) is 26.7 Å². The quantitative estimate of drug-likeness (QED) is 0.896. The molecule has 0 aliphatic carbocycles. The van der Waals surface area contributed by atoms with Gasteiger partial charge in [-0.2, -0.15) is 0 Å². The lowest BCUT2D eigenvalue weighted by atomic mass is 10.1. The van der Waals surface area contributed by atoms with E-state index in [2.05, 4.69) is 23.8 Å². The summed E-state index contributed by atoms with van der Waals surface area (Å²) in [4.78, 5) is 8.85. The van der Waals surface area contributed by atoms with Crippen LogP contribution in [0, 0.1) is 5.92 Å². The van der Waals surface area contributed by atoms with Crippen molar-refractivity contribution in [3.8, 4) is 5.75 Å². The minimum atomic E-state index is 0.290. The third-order valence-electron chi connectivity index (χ3n) is 2.67. The summed E-state index contributed by atoms with van der Waals surface area (Å²) in [7, 11) is 0. The molecule has 0 bridgehead atoms. The lowest BCUT2D eigenvalue weighted by molar-refractivity contribution is 0.475. The largest absolute Gasteiger partial charge is 0.508 e. The van der Waals surface area contributed by atoms with E-state index >= 15 is 0 Å². The number of nitrogens with zero attached hydrogens (tertiary/aromatic N) is 2. The van der Waals surface area contributed by atoms with Crippen LogP contribution in [0.4, 0.5) is 0 Å². The summed E-state index contributed by atoms with van der Waals surface area (Å²) in [6, 6.07) is 7.21. The zero-order valence-electron chi connectivity index (χ0n) is 10.8. The first-order valence-electron chi connectivity index (χ1n) is 6.21. The molecule has 0 atom stereocenters. The van der Waals surface area contributed by atoms with Gasteiger partial charge in [0, 0.05) is 18.8 Å². The molecule has 0 aliphatic rings. The Morgan fingerprint density at radius 3 is 2.39 bits per heavy atom. The maximum Gasteiger partial charge on any atom is 0.115 e. The van der Waals surface area contributed by atoms with Crippen molar-refractivity contribution >= 4 is 0 Å². The lowest BCUT2D eigenvalue weighted by Gasteiger charge is -2.06. The van der Waals surface area contributed by atoms with E-state index in [4.69, 9.17) is 0 Å². The second-order valence-electron chi connectivity index (χ2n) is 4.94. The topological polar surface area (TPSA) is 46.0 Å². The molecule has 18 heavy (non-hydrogen) atoms. The molecule has 0 unspecified atom stereocenters. The Balaban J connectivity index is 2.11. The summed E-state index contributed by atoms with van der Waals surface area (Å²) >= 11 is 0. The molecule has 94 valence electrons. The molecule has 0 radical (unpaired) electrons. The van der Waals surface area contributed by atoms with Crippen molar-refractivity contribution in [1.29, 1.82) is 0 Å². The average Bonchev–Trinajstić information content (AvgIpc) is 2.32. The number of aromatic nitrogens is 2. The maximum absolute atomic E-state index is 9.24. The highest BCUT2D eigenvalue weighted by Crippen LogP contribution is 2.13. The van der Waals surface area contributed by atoms with Crippen LogP contribution in [0.1, 0.15) is 30.8 Å². The van der Waals surface area contributed by atoms with Crippen molar-refractivity contribution in [3.05, 3.63) is 53.6 Å². The van der Waals surface area contributed by atoms with E-state index in [1.165, 1.54) is 0 Å². The van der Waals surface area contributed by atoms with Crippen LogP contribution in [0.5, 0.6) is 5.75 Å². The number of phenolic OH excluding ortho intramolecular Hbond substituents is 1. The first-order valence-corrected chi connectivity index (χ1v) is 6.21. The molecule has 0 saturated heterocycles. The van der Waals surface area contributed by atoms with Crippen LogP contribution >= 0.6 is 0 Å². The molecule has 0 saturated carbocycles. The molecule has 1 heterocycles. The van der Waals surface area contributed by atoms with Gasteiger partial charge in [0.1, 0.15) is 5.75 Å². The van der Waals surface area contributed by atoms with Crippen molar-refractivity contribution in [1.82, 2.24) is 9.97 Å². The highest BCUT2D eigenvalue weighted by atomic mass is 16.3. The van der Waals surface area contributed by atoms with Gasteiger partial charge in [-0.3, -0.25) is 9.97 Å². The summed E-state index contributed by atoms with van der Waals surface area (Å²) < 4.78 is 0. The van der Waals surface area contributed by atoms with E-state index < -0.39 is 0 Å². The molecule has 0 spiro atoms. The molecule has 0 fully saturated rings. The molecule has 1 aromatic heterocycles. The number of phenols is 1. The van der Waals surface area contributed by atoms with Crippen molar-refractivity contribution < 1.29 is 5.11 Å². The van der Waals surface area contributed by atoms with Gasteiger partial charge in [0.15, 0.2) is 0 Å². The number of hydrogen-bond acceptors (Lipinski definition) is 3. The number of rotatable bonds is 4. The van der Waals surface area contributed by atoms with Gasteiger partial charge < -0.3 is 5.11 Å². The number of benzene rings is 1. The Kier molecular flexibility index (Phi) is 3.92. The Morgan fingerprint density at radius 1 is 1.06 bits per heavy atom. The molecule has 1 N–H and O–H groups in total. The first-order chi connectivity index (χ1) is 8.63. The molecule has 0 amide bonds. The summed E-state index contributed by atoms with van der Waals surface area (Å²) in [5, 5.41) is 9.24. The first kappa shape index (κ1) is 12.6. The fraction of sp³-hybridized carbons (Fsp3) is 0.333. The van der Waals surface area contributed by atoms with Crippen LogP contribution in [-0.4, -0.2) is 15.1 Å². The van der Waals surface area contributed by atoms with E-state index in [1.807, 2.05) is 18.3 Å².